The molecule has 18 heteroatoms. The van der Waals surface area contributed by atoms with Crippen LogP contribution in [0.5, 0.6) is 34.5 Å². The van der Waals surface area contributed by atoms with Gasteiger partial charge in [-0.1, -0.05) is 24.3 Å². The first kappa shape index (κ1) is 49.1. The topological polar surface area (TPSA) is 258 Å². The molecule has 5 rings (SSSR count). The van der Waals surface area contributed by atoms with Crippen LogP contribution in [0.2, 0.25) is 0 Å². The summed E-state index contributed by atoms with van der Waals surface area (Å²) in [6.07, 6.45) is -0.146. The molecule has 0 heterocycles. The largest absolute Gasteiger partial charge is 0.496 e. The Morgan fingerprint density at radius 3 is 0.955 bits per heavy atom. The molecule has 0 aliphatic heterocycles. The van der Waals surface area contributed by atoms with Gasteiger partial charge in [0.15, 0.2) is 11.6 Å². The molecule has 0 spiro atoms. The summed E-state index contributed by atoms with van der Waals surface area (Å²) in [6, 6.07) is 21.8. The standard InChI is InChI=1S/C48H52N6O12/c1-61-39-24-40(62-2)32(38(56)20-28-9-13-30(14-10-28)54-48(60)36-23-34(46(58)52-18-16-50)42(64-4)26-44(36)66-6)21-31(39)37(55)19-27-7-11-29(12-8-27)53-47(59)35-22-33(45(57)51-17-15-49)41(63-3)25-43(35)65-5/h7-14,21-26H,15-20,49-50H2,1-6H3,(H,51,57)(H,52,58)(H,53,59)(H,54,60). The Morgan fingerprint density at radius 2 is 0.667 bits per heavy atom. The number of nitrogens with one attached hydrogen (secondary N) is 4. The number of carbonyl (C=O) groups excluding carboxylic acids is 6. The van der Waals surface area contributed by atoms with Crippen LogP contribution in [0.15, 0.2) is 84.9 Å². The Morgan fingerprint density at radius 1 is 0.394 bits per heavy atom. The van der Waals surface area contributed by atoms with E-state index in [-0.39, 0.29) is 118 Å². The van der Waals surface area contributed by atoms with Crippen molar-refractivity contribution in [2.45, 2.75) is 12.8 Å². The van der Waals surface area contributed by atoms with Crippen molar-refractivity contribution in [3.63, 3.8) is 0 Å². The smallest absolute Gasteiger partial charge is 0.259 e. The first-order valence-corrected chi connectivity index (χ1v) is 20.4. The van der Waals surface area contributed by atoms with Crippen molar-refractivity contribution in [1.29, 1.82) is 0 Å². The van der Waals surface area contributed by atoms with Crippen LogP contribution in [0.1, 0.15) is 73.3 Å². The highest BCUT2D eigenvalue weighted by Gasteiger charge is 2.25. The van der Waals surface area contributed by atoms with E-state index in [1.807, 2.05) is 0 Å². The van der Waals surface area contributed by atoms with Crippen LogP contribution in [0.4, 0.5) is 11.4 Å². The third-order valence-electron chi connectivity index (χ3n) is 10.2. The highest BCUT2D eigenvalue weighted by atomic mass is 16.5. The Labute approximate surface area is 381 Å². The number of benzene rings is 5. The molecule has 8 N–H and O–H groups in total. The maximum atomic E-state index is 13.8. The predicted molar refractivity (Wildman–Crippen MR) is 246 cm³/mol. The Bertz CT molecular complexity index is 2420. The van der Waals surface area contributed by atoms with Crippen molar-refractivity contribution >= 4 is 46.6 Å². The third-order valence-corrected chi connectivity index (χ3v) is 10.2. The van der Waals surface area contributed by atoms with Gasteiger partial charge in [-0.15, -0.1) is 0 Å². The lowest BCUT2D eigenvalue weighted by atomic mass is 9.95. The summed E-state index contributed by atoms with van der Waals surface area (Å²) in [5.74, 6) is -1.54. The SMILES string of the molecule is COc1cc(OC)c(C(=O)Cc2ccc(NC(=O)c3cc(C(=O)NCCN)c(OC)cc3OC)cc2)cc1C(=O)Cc1ccc(NC(=O)c2cc(C(=O)NCCN)c(OC)cc2OC)cc1. The first-order chi connectivity index (χ1) is 31.8. The number of rotatable bonds is 22. The van der Waals surface area contributed by atoms with E-state index in [0.29, 0.717) is 22.5 Å². The molecule has 0 saturated carbocycles. The number of ketones is 2. The van der Waals surface area contributed by atoms with Crippen LogP contribution >= 0.6 is 0 Å². The van der Waals surface area contributed by atoms with Gasteiger partial charge in [-0.2, -0.15) is 0 Å². The van der Waals surface area contributed by atoms with Gasteiger partial charge in [0.25, 0.3) is 23.6 Å². The number of carbonyl (C=O) groups is 6. The lowest BCUT2D eigenvalue weighted by Gasteiger charge is -2.15. The van der Waals surface area contributed by atoms with Crippen LogP contribution in [0.3, 0.4) is 0 Å². The molecule has 0 fully saturated rings. The summed E-state index contributed by atoms with van der Waals surface area (Å²) >= 11 is 0. The van der Waals surface area contributed by atoms with Gasteiger partial charge in [-0.25, -0.2) is 0 Å². The molecule has 0 aromatic heterocycles. The molecule has 0 radical (unpaired) electrons. The molecule has 5 aromatic carbocycles. The van der Waals surface area contributed by atoms with Crippen molar-refractivity contribution in [2.75, 3.05) is 79.5 Å². The zero-order chi connectivity index (χ0) is 47.9. The second kappa shape index (κ2) is 23.1. The van der Waals surface area contributed by atoms with E-state index in [4.69, 9.17) is 39.9 Å². The molecule has 0 saturated heterocycles. The molecule has 346 valence electrons. The number of hydrogen-bond donors (Lipinski definition) is 6. The van der Waals surface area contributed by atoms with E-state index in [0.717, 1.165) is 0 Å². The van der Waals surface area contributed by atoms with Gasteiger partial charge in [0.1, 0.15) is 34.5 Å². The zero-order valence-electron chi connectivity index (χ0n) is 37.4. The van der Waals surface area contributed by atoms with Crippen LogP contribution < -0.4 is 61.2 Å². The molecular formula is C48H52N6O12. The zero-order valence-corrected chi connectivity index (χ0v) is 37.4. The minimum atomic E-state index is -0.555. The quantitative estimate of drug-likeness (QED) is 0.0524. The molecule has 0 atom stereocenters. The van der Waals surface area contributed by atoms with Crippen LogP contribution in [-0.4, -0.2) is 104 Å². The number of hydrogen-bond acceptors (Lipinski definition) is 14. The number of methoxy groups -OCH3 is 6. The summed E-state index contributed by atoms with van der Waals surface area (Å²) in [5, 5.41) is 10.9. The normalized spacial score (nSPS) is 10.5. The van der Waals surface area contributed by atoms with Crippen molar-refractivity contribution in [3.05, 3.63) is 129 Å². The van der Waals surface area contributed by atoms with Gasteiger partial charge >= 0.3 is 0 Å². The molecular weight excluding hydrogens is 853 g/mol. The van der Waals surface area contributed by atoms with E-state index in [9.17, 15) is 28.8 Å². The number of Topliss-reactive ketones (excluding diaryl/α,β-unsaturated/α-hetero) is 2. The van der Waals surface area contributed by atoms with Crippen molar-refractivity contribution < 1.29 is 57.2 Å². The second-order valence-corrected chi connectivity index (χ2v) is 14.3. The minimum absolute atomic E-state index is 0.0729. The summed E-state index contributed by atoms with van der Waals surface area (Å²) in [5.41, 5.74) is 13.8. The molecule has 5 aromatic rings. The number of nitrogens with two attached hydrogens (primary N) is 2. The lowest BCUT2D eigenvalue weighted by Crippen LogP contribution is -2.29. The van der Waals surface area contributed by atoms with E-state index in [2.05, 4.69) is 21.3 Å². The van der Waals surface area contributed by atoms with Crippen LogP contribution in [0, 0.1) is 0 Å². The van der Waals surface area contributed by atoms with Gasteiger partial charge in [0.2, 0.25) is 0 Å². The van der Waals surface area contributed by atoms with E-state index >= 15 is 0 Å². The summed E-state index contributed by atoms with van der Waals surface area (Å²) < 4.78 is 32.6. The van der Waals surface area contributed by atoms with Gasteiger partial charge in [-0.3, -0.25) is 28.8 Å². The maximum Gasteiger partial charge on any atom is 0.259 e. The average Bonchev–Trinajstić information content (AvgIpc) is 3.34. The molecule has 0 aliphatic carbocycles. The monoisotopic (exact) mass is 904 g/mol. The summed E-state index contributed by atoms with van der Waals surface area (Å²) in [4.78, 5) is 80.0. The Balaban J connectivity index is 1.28. The first-order valence-electron chi connectivity index (χ1n) is 20.4. The summed E-state index contributed by atoms with van der Waals surface area (Å²) in [7, 11) is 8.38. The fourth-order valence-electron chi connectivity index (χ4n) is 6.77. The molecule has 0 aliphatic rings. The van der Waals surface area contributed by atoms with Crippen LogP contribution in [-0.2, 0) is 12.8 Å². The van der Waals surface area contributed by atoms with E-state index in [1.165, 1.54) is 79.1 Å². The lowest BCUT2D eigenvalue weighted by molar-refractivity contribution is 0.0942. The predicted octanol–water partition coefficient (Wildman–Crippen LogP) is 4.47. The van der Waals surface area contributed by atoms with E-state index in [1.54, 1.807) is 48.5 Å². The van der Waals surface area contributed by atoms with Gasteiger partial charge < -0.3 is 61.2 Å². The van der Waals surface area contributed by atoms with Gasteiger partial charge in [-0.05, 0) is 53.6 Å². The number of ether oxygens (including phenoxy) is 6. The average molecular weight is 905 g/mol. The Kier molecular flexibility index (Phi) is 17.2. The maximum absolute atomic E-state index is 13.8. The van der Waals surface area contributed by atoms with E-state index < -0.39 is 23.6 Å². The summed E-state index contributed by atoms with van der Waals surface area (Å²) in [6.45, 7) is 0.905. The van der Waals surface area contributed by atoms with Gasteiger partial charge in [0, 0.05) is 68.6 Å². The van der Waals surface area contributed by atoms with Crippen molar-refractivity contribution in [1.82, 2.24) is 10.6 Å². The highest BCUT2D eigenvalue weighted by molar-refractivity contribution is 6.10. The Hall–Kier alpha value is -7.96. The third kappa shape index (κ3) is 11.8. The van der Waals surface area contributed by atoms with Crippen LogP contribution in [0.25, 0.3) is 0 Å². The fraction of sp³-hybridized carbons (Fsp3) is 0.250. The number of amides is 4. The fourth-order valence-corrected chi connectivity index (χ4v) is 6.77. The minimum Gasteiger partial charge on any atom is -0.496 e. The molecule has 66 heavy (non-hydrogen) atoms. The van der Waals surface area contributed by atoms with Crippen molar-refractivity contribution in [3.8, 4) is 34.5 Å². The highest BCUT2D eigenvalue weighted by Crippen LogP contribution is 2.34. The molecule has 0 bridgehead atoms. The molecule has 18 nitrogen and oxygen atoms in total. The number of anilines is 2. The van der Waals surface area contributed by atoms with Crippen molar-refractivity contribution in [2.24, 2.45) is 11.5 Å². The molecule has 4 amide bonds. The molecule has 0 unspecified atom stereocenters. The second-order valence-electron chi connectivity index (χ2n) is 14.3. The van der Waals surface area contributed by atoms with Gasteiger partial charge in [0.05, 0.1) is 76.0 Å².